The molecule has 1 aromatic rings. The SMILES string of the molecule is COc1cccc(C2=C(Cl)C(=O)CC(C)(C)C2)c1. The lowest BCUT2D eigenvalue weighted by atomic mass is 9.75. The van der Waals surface area contributed by atoms with Crippen LogP contribution in [0.1, 0.15) is 32.3 Å². The maximum Gasteiger partial charge on any atom is 0.175 e. The van der Waals surface area contributed by atoms with Crippen LogP contribution in [0.2, 0.25) is 0 Å². The zero-order chi connectivity index (χ0) is 13.3. The zero-order valence-corrected chi connectivity index (χ0v) is 11.7. The molecule has 0 saturated carbocycles. The van der Waals surface area contributed by atoms with Gasteiger partial charge in [-0.15, -0.1) is 0 Å². The molecule has 18 heavy (non-hydrogen) atoms. The number of halogens is 1. The molecule has 2 nitrogen and oxygen atoms in total. The first-order chi connectivity index (χ1) is 8.43. The van der Waals surface area contributed by atoms with Crippen LogP contribution in [-0.2, 0) is 4.79 Å². The van der Waals surface area contributed by atoms with Crippen molar-refractivity contribution in [1.82, 2.24) is 0 Å². The van der Waals surface area contributed by atoms with Gasteiger partial charge < -0.3 is 4.74 Å². The molecule has 0 fully saturated rings. The highest BCUT2D eigenvalue weighted by atomic mass is 35.5. The normalized spacial score (nSPS) is 19.0. The second-order valence-electron chi connectivity index (χ2n) is 5.47. The lowest BCUT2D eigenvalue weighted by Crippen LogP contribution is -2.23. The van der Waals surface area contributed by atoms with Crippen molar-refractivity contribution in [3.8, 4) is 5.75 Å². The van der Waals surface area contributed by atoms with Crippen molar-refractivity contribution < 1.29 is 9.53 Å². The molecule has 2 rings (SSSR count). The minimum Gasteiger partial charge on any atom is -0.497 e. The van der Waals surface area contributed by atoms with Crippen LogP contribution in [0, 0.1) is 5.41 Å². The molecular weight excluding hydrogens is 248 g/mol. The number of methoxy groups -OCH3 is 1. The Bertz CT molecular complexity index is 515. The standard InChI is InChI=1S/C15H17ClO2/c1-15(2)8-12(14(16)13(17)9-15)10-5-4-6-11(7-10)18-3/h4-7H,8-9H2,1-3H3. The van der Waals surface area contributed by atoms with Gasteiger partial charge in [-0.05, 0) is 35.1 Å². The highest BCUT2D eigenvalue weighted by molar-refractivity contribution is 6.46. The number of hydrogen-bond acceptors (Lipinski definition) is 2. The number of allylic oxidation sites excluding steroid dienone is 2. The summed E-state index contributed by atoms with van der Waals surface area (Å²) in [6.07, 6.45) is 1.32. The molecule has 96 valence electrons. The van der Waals surface area contributed by atoms with Gasteiger partial charge in [-0.25, -0.2) is 0 Å². The summed E-state index contributed by atoms with van der Waals surface area (Å²) in [6, 6.07) is 7.69. The molecule has 0 aromatic heterocycles. The molecule has 1 aliphatic carbocycles. The van der Waals surface area contributed by atoms with Crippen LogP contribution in [0.3, 0.4) is 0 Å². The number of Topliss-reactive ketones (excluding diaryl/α,β-unsaturated/α-hetero) is 1. The Balaban J connectivity index is 2.47. The van der Waals surface area contributed by atoms with E-state index in [4.69, 9.17) is 16.3 Å². The van der Waals surface area contributed by atoms with Crippen LogP contribution in [0.4, 0.5) is 0 Å². The molecule has 0 unspecified atom stereocenters. The fourth-order valence-corrected chi connectivity index (χ4v) is 2.58. The van der Waals surface area contributed by atoms with E-state index in [9.17, 15) is 4.79 Å². The zero-order valence-electron chi connectivity index (χ0n) is 10.9. The number of ether oxygens (including phenoxy) is 1. The number of hydrogen-bond donors (Lipinski definition) is 0. The van der Waals surface area contributed by atoms with Crippen LogP contribution in [0.5, 0.6) is 5.75 Å². The third kappa shape index (κ3) is 2.59. The quantitative estimate of drug-likeness (QED) is 0.806. The molecule has 0 spiro atoms. The van der Waals surface area contributed by atoms with E-state index in [1.807, 2.05) is 24.3 Å². The fourth-order valence-electron chi connectivity index (χ4n) is 2.34. The average Bonchev–Trinajstić information content (AvgIpc) is 2.33. The summed E-state index contributed by atoms with van der Waals surface area (Å²) in [4.78, 5) is 11.9. The third-order valence-electron chi connectivity index (χ3n) is 3.22. The number of benzene rings is 1. The van der Waals surface area contributed by atoms with E-state index >= 15 is 0 Å². The summed E-state index contributed by atoms with van der Waals surface area (Å²) in [7, 11) is 1.63. The maximum atomic E-state index is 11.9. The van der Waals surface area contributed by atoms with Crippen LogP contribution >= 0.6 is 11.6 Å². The van der Waals surface area contributed by atoms with Gasteiger partial charge in [0.15, 0.2) is 5.78 Å². The molecule has 0 heterocycles. The second-order valence-corrected chi connectivity index (χ2v) is 5.84. The molecule has 1 aliphatic rings. The lowest BCUT2D eigenvalue weighted by molar-refractivity contribution is -0.117. The average molecular weight is 265 g/mol. The van der Waals surface area contributed by atoms with Gasteiger partial charge in [0.2, 0.25) is 0 Å². The third-order valence-corrected chi connectivity index (χ3v) is 3.66. The fraction of sp³-hybridized carbons (Fsp3) is 0.400. The minimum atomic E-state index is -0.0338. The van der Waals surface area contributed by atoms with Gasteiger partial charge in [0.25, 0.3) is 0 Å². The van der Waals surface area contributed by atoms with Crippen molar-refractivity contribution in [1.29, 1.82) is 0 Å². The summed E-state index contributed by atoms with van der Waals surface area (Å²) in [5.41, 5.74) is 1.87. The van der Waals surface area contributed by atoms with E-state index in [0.29, 0.717) is 11.5 Å². The molecule has 0 radical (unpaired) electrons. The molecule has 0 atom stereocenters. The first-order valence-electron chi connectivity index (χ1n) is 5.99. The van der Waals surface area contributed by atoms with Gasteiger partial charge in [-0.1, -0.05) is 37.6 Å². The Kier molecular flexibility index (Phi) is 3.49. The Morgan fingerprint density at radius 1 is 1.28 bits per heavy atom. The minimum absolute atomic E-state index is 0.0331. The predicted molar refractivity (Wildman–Crippen MR) is 73.8 cm³/mol. The van der Waals surface area contributed by atoms with Crippen LogP contribution in [-0.4, -0.2) is 12.9 Å². The Morgan fingerprint density at radius 2 is 2.00 bits per heavy atom. The molecule has 0 N–H and O–H groups in total. The lowest BCUT2D eigenvalue weighted by Gasteiger charge is -2.30. The van der Waals surface area contributed by atoms with E-state index in [-0.39, 0.29) is 11.2 Å². The Morgan fingerprint density at radius 3 is 2.67 bits per heavy atom. The van der Waals surface area contributed by atoms with Gasteiger partial charge in [0.1, 0.15) is 5.75 Å². The number of carbonyl (C=O) groups excluding carboxylic acids is 1. The summed E-state index contributed by atoms with van der Waals surface area (Å²) in [5, 5.41) is 0.377. The van der Waals surface area contributed by atoms with Crippen LogP contribution < -0.4 is 4.74 Å². The maximum absolute atomic E-state index is 11.9. The highest BCUT2D eigenvalue weighted by Gasteiger charge is 2.32. The van der Waals surface area contributed by atoms with Gasteiger partial charge >= 0.3 is 0 Å². The second kappa shape index (κ2) is 4.77. The molecule has 1 aromatic carbocycles. The summed E-state index contributed by atoms with van der Waals surface area (Å²) < 4.78 is 5.21. The Hall–Kier alpha value is -1.28. The van der Waals surface area contributed by atoms with E-state index in [1.165, 1.54) is 0 Å². The first-order valence-corrected chi connectivity index (χ1v) is 6.37. The van der Waals surface area contributed by atoms with Crippen molar-refractivity contribution in [2.24, 2.45) is 5.41 Å². The van der Waals surface area contributed by atoms with Crippen LogP contribution in [0.15, 0.2) is 29.3 Å². The van der Waals surface area contributed by atoms with Gasteiger partial charge in [-0.3, -0.25) is 4.79 Å². The summed E-state index contributed by atoms with van der Waals surface area (Å²) >= 11 is 6.18. The molecule has 0 amide bonds. The largest absolute Gasteiger partial charge is 0.497 e. The van der Waals surface area contributed by atoms with Crippen molar-refractivity contribution in [3.63, 3.8) is 0 Å². The summed E-state index contributed by atoms with van der Waals surface area (Å²) in [5.74, 6) is 0.811. The highest BCUT2D eigenvalue weighted by Crippen LogP contribution is 2.42. The van der Waals surface area contributed by atoms with E-state index in [2.05, 4.69) is 13.8 Å². The number of carbonyl (C=O) groups is 1. The van der Waals surface area contributed by atoms with Crippen molar-refractivity contribution >= 4 is 23.0 Å². The number of rotatable bonds is 2. The van der Waals surface area contributed by atoms with E-state index < -0.39 is 0 Å². The van der Waals surface area contributed by atoms with Crippen LogP contribution in [0.25, 0.3) is 5.57 Å². The molecule has 0 bridgehead atoms. The molecule has 0 aliphatic heterocycles. The van der Waals surface area contributed by atoms with Crippen molar-refractivity contribution in [2.45, 2.75) is 26.7 Å². The monoisotopic (exact) mass is 264 g/mol. The van der Waals surface area contributed by atoms with Crippen molar-refractivity contribution in [2.75, 3.05) is 7.11 Å². The molecular formula is C15H17ClO2. The van der Waals surface area contributed by atoms with Gasteiger partial charge in [0, 0.05) is 6.42 Å². The van der Waals surface area contributed by atoms with Crippen molar-refractivity contribution in [3.05, 3.63) is 34.9 Å². The first kappa shape index (κ1) is 13.2. The smallest absolute Gasteiger partial charge is 0.175 e. The van der Waals surface area contributed by atoms with Gasteiger partial charge in [0.05, 0.1) is 12.1 Å². The van der Waals surface area contributed by atoms with E-state index in [1.54, 1.807) is 7.11 Å². The number of ketones is 1. The topological polar surface area (TPSA) is 26.3 Å². The summed E-state index contributed by atoms with van der Waals surface area (Å²) in [6.45, 7) is 4.18. The van der Waals surface area contributed by atoms with Gasteiger partial charge in [-0.2, -0.15) is 0 Å². The molecule has 0 saturated heterocycles. The predicted octanol–water partition coefficient (Wildman–Crippen LogP) is 4.03. The Labute approximate surface area is 113 Å². The van der Waals surface area contributed by atoms with E-state index in [0.717, 1.165) is 23.3 Å². The molecule has 3 heteroatoms.